The van der Waals surface area contributed by atoms with Gasteiger partial charge in [-0.25, -0.2) is 0 Å². The average molecular weight is 428 g/mol. The van der Waals surface area contributed by atoms with Gasteiger partial charge < -0.3 is 19.5 Å². The van der Waals surface area contributed by atoms with Crippen molar-refractivity contribution < 1.29 is 9.26 Å². The Labute approximate surface area is 185 Å². The minimum atomic E-state index is 0.431. The van der Waals surface area contributed by atoms with E-state index in [9.17, 15) is 0 Å². The molecule has 8 nitrogen and oxygen atoms in total. The fourth-order valence-electron chi connectivity index (χ4n) is 4.06. The highest BCUT2D eigenvalue weighted by Crippen LogP contribution is 2.39. The molecule has 1 saturated heterocycles. The molecule has 0 unspecified atom stereocenters. The topological polar surface area (TPSA) is 89.2 Å². The number of nitrogens with zero attached hydrogens (tertiary/aromatic N) is 5. The summed E-state index contributed by atoms with van der Waals surface area (Å²) in [5.74, 6) is 2.38. The van der Waals surface area contributed by atoms with Gasteiger partial charge in [-0.15, -0.1) is 10.2 Å². The molecular formula is C24H24N6O2. The summed E-state index contributed by atoms with van der Waals surface area (Å²) in [6.07, 6.45) is 2.25. The van der Waals surface area contributed by atoms with Gasteiger partial charge >= 0.3 is 0 Å². The number of rotatable bonds is 6. The number of benzene rings is 2. The number of fused-ring (bicyclic) bond motifs is 1. The van der Waals surface area contributed by atoms with Gasteiger partial charge in [0, 0.05) is 42.0 Å². The molecule has 1 aliphatic carbocycles. The Morgan fingerprint density at radius 2 is 1.72 bits per heavy atom. The summed E-state index contributed by atoms with van der Waals surface area (Å²) in [4.78, 5) is 6.90. The zero-order chi connectivity index (χ0) is 21.3. The summed E-state index contributed by atoms with van der Waals surface area (Å²) in [7, 11) is 0. The first-order valence-electron chi connectivity index (χ1n) is 11.1. The van der Waals surface area contributed by atoms with Gasteiger partial charge in [-0.1, -0.05) is 41.6 Å². The molecule has 0 atom stereocenters. The zero-order valence-corrected chi connectivity index (χ0v) is 17.7. The van der Waals surface area contributed by atoms with Crippen molar-refractivity contribution in [2.24, 2.45) is 0 Å². The average Bonchev–Trinajstić information content (AvgIpc) is 3.60. The lowest BCUT2D eigenvalue weighted by atomic mass is 10.1. The Hall–Kier alpha value is -3.52. The molecule has 1 aliphatic heterocycles. The predicted octanol–water partition coefficient (Wildman–Crippen LogP) is 4.01. The number of nitrogens with one attached hydrogen (secondary N) is 1. The lowest BCUT2D eigenvalue weighted by Crippen LogP contribution is -2.36. The fourth-order valence-corrected chi connectivity index (χ4v) is 4.06. The van der Waals surface area contributed by atoms with Crippen molar-refractivity contribution in [1.82, 2.24) is 20.3 Å². The standard InChI is InChI=1S/C24H24N6O2/c1-2-4-20-19(3-1)21(24-26-22(29-32-24)17-7-8-17)27-28-23(20)25-15-16-5-9-18(10-6-16)30-11-13-31-14-12-30/h1-6,9-10,17H,7-8,11-15H2,(H,25,28). The quantitative estimate of drug-likeness (QED) is 0.493. The van der Waals surface area contributed by atoms with Crippen LogP contribution in [-0.4, -0.2) is 46.6 Å². The van der Waals surface area contributed by atoms with Gasteiger partial charge in [-0.2, -0.15) is 4.98 Å². The zero-order valence-electron chi connectivity index (χ0n) is 17.7. The van der Waals surface area contributed by atoms with E-state index in [0.717, 1.165) is 61.6 Å². The summed E-state index contributed by atoms with van der Waals surface area (Å²) < 4.78 is 10.9. The van der Waals surface area contributed by atoms with Crippen LogP contribution in [0.5, 0.6) is 0 Å². The second-order valence-electron chi connectivity index (χ2n) is 8.29. The van der Waals surface area contributed by atoms with Gasteiger partial charge in [-0.3, -0.25) is 0 Å². The maximum Gasteiger partial charge on any atom is 0.279 e. The maximum absolute atomic E-state index is 5.49. The molecule has 1 saturated carbocycles. The first-order chi connectivity index (χ1) is 15.8. The number of hydrogen-bond acceptors (Lipinski definition) is 8. The highest BCUT2D eigenvalue weighted by atomic mass is 16.5. The van der Waals surface area contributed by atoms with Crippen LogP contribution < -0.4 is 10.2 Å². The van der Waals surface area contributed by atoms with Gasteiger partial charge in [-0.05, 0) is 30.5 Å². The second-order valence-corrected chi connectivity index (χ2v) is 8.29. The second kappa shape index (κ2) is 8.20. The van der Waals surface area contributed by atoms with Crippen LogP contribution in [0.4, 0.5) is 11.5 Å². The van der Waals surface area contributed by atoms with Crippen molar-refractivity contribution in [1.29, 1.82) is 0 Å². The Bertz CT molecular complexity index is 1230. The molecule has 0 radical (unpaired) electrons. The third-order valence-electron chi connectivity index (χ3n) is 6.05. The molecule has 0 amide bonds. The molecule has 0 spiro atoms. The number of anilines is 2. The van der Waals surface area contributed by atoms with Crippen molar-refractivity contribution in [3.05, 3.63) is 59.9 Å². The molecule has 3 heterocycles. The molecular weight excluding hydrogens is 404 g/mol. The Balaban J connectivity index is 1.22. The van der Waals surface area contributed by atoms with E-state index in [0.29, 0.717) is 24.0 Å². The third kappa shape index (κ3) is 3.78. The van der Waals surface area contributed by atoms with Gasteiger partial charge in [0.1, 0.15) is 0 Å². The van der Waals surface area contributed by atoms with Crippen molar-refractivity contribution >= 4 is 22.3 Å². The van der Waals surface area contributed by atoms with Gasteiger partial charge in [0.15, 0.2) is 17.3 Å². The molecule has 0 bridgehead atoms. The van der Waals surface area contributed by atoms with E-state index in [4.69, 9.17) is 9.26 Å². The summed E-state index contributed by atoms with van der Waals surface area (Å²) in [5, 5.41) is 18.4. The lowest BCUT2D eigenvalue weighted by Gasteiger charge is -2.28. The monoisotopic (exact) mass is 428 g/mol. The van der Waals surface area contributed by atoms with Crippen LogP contribution in [0.15, 0.2) is 53.1 Å². The van der Waals surface area contributed by atoms with Crippen LogP contribution in [0.3, 0.4) is 0 Å². The molecule has 2 aliphatic rings. The molecule has 4 aromatic rings. The largest absolute Gasteiger partial charge is 0.378 e. The summed E-state index contributed by atoms with van der Waals surface area (Å²) in [6, 6.07) is 16.7. The van der Waals surface area contributed by atoms with E-state index in [-0.39, 0.29) is 0 Å². The maximum atomic E-state index is 5.49. The SMILES string of the molecule is c1ccc2c(-c3nc(C4CC4)no3)nnc(NCc3ccc(N4CCOCC4)cc3)c2c1. The third-order valence-corrected chi connectivity index (χ3v) is 6.05. The van der Waals surface area contributed by atoms with E-state index < -0.39 is 0 Å². The molecule has 2 aromatic heterocycles. The van der Waals surface area contributed by atoms with Crippen LogP contribution in [0.25, 0.3) is 22.4 Å². The molecule has 2 aromatic carbocycles. The van der Waals surface area contributed by atoms with Gasteiger partial charge in [0.05, 0.1) is 13.2 Å². The van der Waals surface area contributed by atoms with E-state index >= 15 is 0 Å². The molecule has 8 heteroatoms. The van der Waals surface area contributed by atoms with E-state index in [2.05, 4.69) is 54.8 Å². The summed E-state index contributed by atoms with van der Waals surface area (Å²) >= 11 is 0. The normalized spacial score (nSPS) is 16.4. The van der Waals surface area contributed by atoms with Crippen LogP contribution in [-0.2, 0) is 11.3 Å². The van der Waals surface area contributed by atoms with Crippen LogP contribution in [0.1, 0.15) is 30.1 Å². The van der Waals surface area contributed by atoms with Crippen molar-refractivity contribution in [2.75, 3.05) is 36.5 Å². The molecule has 2 fully saturated rings. The Morgan fingerprint density at radius 3 is 2.50 bits per heavy atom. The molecule has 162 valence electrons. The van der Waals surface area contributed by atoms with Crippen molar-refractivity contribution in [3.8, 4) is 11.6 Å². The number of ether oxygens (including phenoxy) is 1. The van der Waals surface area contributed by atoms with E-state index in [1.165, 1.54) is 11.3 Å². The van der Waals surface area contributed by atoms with Gasteiger partial charge in [0.25, 0.3) is 5.89 Å². The van der Waals surface area contributed by atoms with Crippen LogP contribution >= 0.6 is 0 Å². The summed E-state index contributed by atoms with van der Waals surface area (Å²) in [5.41, 5.74) is 3.04. The van der Waals surface area contributed by atoms with Crippen LogP contribution in [0.2, 0.25) is 0 Å². The first-order valence-corrected chi connectivity index (χ1v) is 11.1. The van der Waals surface area contributed by atoms with Crippen molar-refractivity contribution in [2.45, 2.75) is 25.3 Å². The van der Waals surface area contributed by atoms with E-state index in [1.807, 2.05) is 24.3 Å². The smallest absolute Gasteiger partial charge is 0.279 e. The fraction of sp³-hybridized carbons (Fsp3) is 0.333. The first kappa shape index (κ1) is 19.2. The number of aromatic nitrogens is 4. The van der Waals surface area contributed by atoms with E-state index in [1.54, 1.807) is 0 Å². The Kier molecular flexibility index (Phi) is 4.92. The highest BCUT2D eigenvalue weighted by Gasteiger charge is 2.29. The number of morpholine rings is 1. The molecule has 1 N–H and O–H groups in total. The van der Waals surface area contributed by atoms with Crippen LogP contribution in [0, 0.1) is 0 Å². The summed E-state index contributed by atoms with van der Waals surface area (Å²) in [6.45, 7) is 4.11. The minimum Gasteiger partial charge on any atom is -0.378 e. The van der Waals surface area contributed by atoms with Gasteiger partial charge in [0.2, 0.25) is 0 Å². The number of hydrogen-bond donors (Lipinski definition) is 1. The Morgan fingerprint density at radius 1 is 0.938 bits per heavy atom. The van der Waals surface area contributed by atoms with Crippen molar-refractivity contribution in [3.63, 3.8) is 0 Å². The minimum absolute atomic E-state index is 0.431. The predicted molar refractivity (Wildman–Crippen MR) is 122 cm³/mol. The highest BCUT2D eigenvalue weighted by molar-refractivity contribution is 5.98. The molecule has 6 rings (SSSR count). The lowest BCUT2D eigenvalue weighted by molar-refractivity contribution is 0.122. The molecule has 32 heavy (non-hydrogen) atoms.